The molecule has 1 aromatic heterocycles. The Bertz CT molecular complexity index is 1090. The molecule has 0 atom stereocenters. The fourth-order valence-electron chi connectivity index (χ4n) is 2.60. The molecular weight excluding hydrogens is 408 g/mol. The van der Waals surface area contributed by atoms with Crippen LogP contribution in [0.25, 0.3) is 0 Å². The average molecular weight is 426 g/mol. The number of amides is 1. The normalized spacial score (nSPS) is 10.6. The van der Waals surface area contributed by atoms with Crippen molar-refractivity contribution in [3.63, 3.8) is 0 Å². The van der Waals surface area contributed by atoms with Crippen molar-refractivity contribution in [2.45, 2.75) is 29.7 Å². The number of carboxylic acid groups (broad SMARTS) is 1. The first-order chi connectivity index (χ1) is 14.3. The van der Waals surface area contributed by atoms with Gasteiger partial charge in [-0.2, -0.15) is 5.10 Å². The Labute approximate surface area is 175 Å². The zero-order valence-electron chi connectivity index (χ0n) is 15.9. The molecule has 2 aromatic carbocycles. The number of non-ortho nitro benzene ring substituents is 1. The number of hydrogen-bond acceptors (Lipinski definition) is 6. The molecule has 10 heteroatoms. The predicted molar refractivity (Wildman–Crippen MR) is 111 cm³/mol. The highest BCUT2D eigenvalue weighted by Crippen LogP contribution is 2.33. The number of benzene rings is 2. The van der Waals surface area contributed by atoms with E-state index in [1.54, 1.807) is 6.07 Å². The summed E-state index contributed by atoms with van der Waals surface area (Å²) in [4.78, 5) is 35.5. The molecule has 0 spiro atoms. The van der Waals surface area contributed by atoms with Crippen molar-refractivity contribution in [3.8, 4) is 0 Å². The van der Waals surface area contributed by atoms with Crippen LogP contribution in [0.1, 0.15) is 22.3 Å². The highest BCUT2D eigenvalue weighted by Gasteiger charge is 2.13. The van der Waals surface area contributed by atoms with Gasteiger partial charge in [-0.05, 0) is 25.1 Å². The van der Waals surface area contributed by atoms with Crippen LogP contribution in [0.3, 0.4) is 0 Å². The third kappa shape index (κ3) is 5.67. The largest absolute Gasteiger partial charge is 0.478 e. The number of nitro benzene ring substituents is 1. The van der Waals surface area contributed by atoms with Gasteiger partial charge in [-0.25, -0.2) is 4.79 Å². The number of carbonyl (C=O) groups is 2. The van der Waals surface area contributed by atoms with Crippen LogP contribution in [-0.2, 0) is 11.3 Å². The summed E-state index contributed by atoms with van der Waals surface area (Å²) in [5.74, 6) is -1.46. The number of rotatable bonds is 8. The van der Waals surface area contributed by atoms with E-state index in [9.17, 15) is 19.7 Å². The summed E-state index contributed by atoms with van der Waals surface area (Å²) < 4.78 is 1.36. The molecule has 0 radical (unpaired) electrons. The van der Waals surface area contributed by atoms with Gasteiger partial charge in [0.1, 0.15) is 0 Å². The highest BCUT2D eigenvalue weighted by molar-refractivity contribution is 7.99. The Kier molecular flexibility index (Phi) is 6.48. The first kappa shape index (κ1) is 21.1. The van der Waals surface area contributed by atoms with E-state index in [0.29, 0.717) is 10.6 Å². The van der Waals surface area contributed by atoms with Gasteiger partial charge in [-0.15, -0.1) is 0 Å². The van der Waals surface area contributed by atoms with Crippen molar-refractivity contribution in [2.24, 2.45) is 0 Å². The van der Waals surface area contributed by atoms with E-state index < -0.39 is 10.9 Å². The standard InChI is InChI=1S/C20H18N4O5S/c1-13-2-4-17(5-3-13)30-18-9-15(8-16(10-18)24(28)29)22-19(25)6-7-23-12-14(11-21-23)20(26)27/h2-5,8-12H,6-7H2,1H3,(H,22,25)(H,26,27). The summed E-state index contributed by atoms with van der Waals surface area (Å²) in [6, 6.07) is 12.2. The summed E-state index contributed by atoms with van der Waals surface area (Å²) in [5, 5.41) is 26.7. The number of hydrogen-bond donors (Lipinski definition) is 2. The van der Waals surface area contributed by atoms with Gasteiger partial charge in [0, 0.05) is 46.8 Å². The van der Waals surface area contributed by atoms with E-state index in [0.717, 1.165) is 10.5 Å². The first-order valence-electron chi connectivity index (χ1n) is 8.90. The molecule has 0 saturated carbocycles. The molecule has 3 aromatic rings. The number of aryl methyl sites for hydroxylation is 2. The van der Waals surface area contributed by atoms with Gasteiger partial charge in [0.2, 0.25) is 5.91 Å². The number of carbonyl (C=O) groups excluding carboxylic acids is 1. The third-order valence-corrected chi connectivity index (χ3v) is 5.07. The van der Waals surface area contributed by atoms with Crippen LogP contribution in [0, 0.1) is 17.0 Å². The van der Waals surface area contributed by atoms with Crippen molar-refractivity contribution in [3.05, 3.63) is 76.1 Å². The lowest BCUT2D eigenvalue weighted by atomic mass is 10.2. The van der Waals surface area contributed by atoms with Gasteiger partial charge >= 0.3 is 5.97 Å². The molecule has 3 rings (SSSR count). The molecule has 0 unspecified atom stereocenters. The van der Waals surface area contributed by atoms with Gasteiger partial charge in [0.05, 0.1) is 16.7 Å². The maximum Gasteiger partial charge on any atom is 0.338 e. The number of aromatic nitrogens is 2. The lowest BCUT2D eigenvalue weighted by Gasteiger charge is -2.08. The van der Waals surface area contributed by atoms with Crippen LogP contribution in [-0.4, -0.2) is 31.7 Å². The van der Waals surface area contributed by atoms with Gasteiger partial charge in [0.15, 0.2) is 0 Å². The van der Waals surface area contributed by atoms with Gasteiger partial charge in [-0.3, -0.25) is 19.6 Å². The van der Waals surface area contributed by atoms with Crippen LogP contribution in [0.2, 0.25) is 0 Å². The highest BCUT2D eigenvalue weighted by atomic mass is 32.2. The number of nitrogens with zero attached hydrogens (tertiary/aromatic N) is 3. The van der Waals surface area contributed by atoms with E-state index >= 15 is 0 Å². The molecule has 9 nitrogen and oxygen atoms in total. The van der Waals surface area contributed by atoms with Gasteiger partial charge in [0.25, 0.3) is 5.69 Å². The Morgan fingerprint density at radius 1 is 1.20 bits per heavy atom. The molecular formula is C20H18N4O5S. The van der Waals surface area contributed by atoms with Crippen LogP contribution >= 0.6 is 11.8 Å². The van der Waals surface area contributed by atoms with Crippen LogP contribution in [0.4, 0.5) is 11.4 Å². The Balaban J connectivity index is 1.69. The summed E-state index contributed by atoms with van der Waals surface area (Å²) in [6.45, 7) is 2.15. The summed E-state index contributed by atoms with van der Waals surface area (Å²) >= 11 is 1.36. The molecule has 0 fully saturated rings. The second kappa shape index (κ2) is 9.23. The molecule has 1 heterocycles. The fourth-order valence-corrected chi connectivity index (χ4v) is 3.51. The van der Waals surface area contributed by atoms with E-state index in [2.05, 4.69) is 10.4 Å². The molecule has 2 N–H and O–H groups in total. The van der Waals surface area contributed by atoms with Crippen LogP contribution in [0.5, 0.6) is 0 Å². The molecule has 154 valence electrons. The number of nitro groups is 1. The molecule has 0 aliphatic carbocycles. The molecule has 0 aliphatic rings. The minimum absolute atomic E-state index is 0.0316. The zero-order chi connectivity index (χ0) is 21.7. The van der Waals surface area contributed by atoms with Crippen LogP contribution in [0.15, 0.2) is 64.6 Å². The molecule has 0 aliphatic heterocycles. The Hall–Kier alpha value is -3.66. The fraction of sp³-hybridized carbons (Fsp3) is 0.150. The Morgan fingerprint density at radius 3 is 2.57 bits per heavy atom. The van der Waals surface area contributed by atoms with E-state index in [4.69, 9.17) is 5.11 Å². The average Bonchev–Trinajstić information content (AvgIpc) is 3.17. The lowest BCUT2D eigenvalue weighted by molar-refractivity contribution is -0.385. The SMILES string of the molecule is Cc1ccc(Sc2cc(NC(=O)CCn3cc(C(=O)O)cn3)cc([N+](=O)[O-])c2)cc1. The molecule has 0 saturated heterocycles. The minimum Gasteiger partial charge on any atom is -0.478 e. The molecule has 1 amide bonds. The Morgan fingerprint density at radius 2 is 1.93 bits per heavy atom. The maximum atomic E-state index is 12.3. The number of anilines is 1. The number of carboxylic acids is 1. The predicted octanol–water partition coefficient (Wildman–Crippen LogP) is 3.98. The van der Waals surface area contributed by atoms with E-state index in [1.165, 1.54) is 41.0 Å². The van der Waals surface area contributed by atoms with Crippen molar-refractivity contribution in [1.82, 2.24) is 9.78 Å². The first-order valence-corrected chi connectivity index (χ1v) is 9.71. The van der Waals surface area contributed by atoms with Crippen molar-refractivity contribution >= 4 is 35.0 Å². The van der Waals surface area contributed by atoms with Crippen molar-refractivity contribution in [2.75, 3.05) is 5.32 Å². The maximum absolute atomic E-state index is 12.3. The summed E-state index contributed by atoms with van der Waals surface area (Å²) in [7, 11) is 0. The lowest BCUT2D eigenvalue weighted by Crippen LogP contribution is -2.15. The molecule has 30 heavy (non-hydrogen) atoms. The van der Waals surface area contributed by atoms with Crippen molar-refractivity contribution in [1.29, 1.82) is 0 Å². The van der Waals surface area contributed by atoms with Crippen molar-refractivity contribution < 1.29 is 19.6 Å². The molecule has 0 bridgehead atoms. The van der Waals surface area contributed by atoms with E-state index in [1.807, 2.05) is 31.2 Å². The minimum atomic E-state index is -1.10. The monoisotopic (exact) mass is 426 g/mol. The van der Waals surface area contributed by atoms with E-state index in [-0.39, 0.29) is 30.1 Å². The quantitative estimate of drug-likeness (QED) is 0.412. The van der Waals surface area contributed by atoms with Gasteiger partial charge in [-0.1, -0.05) is 29.5 Å². The third-order valence-electron chi connectivity index (χ3n) is 4.09. The second-order valence-electron chi connectivity index (χ2n) is 6.48. The number of aromatic carboxylic acids is 1. The topological polar surface area (TPSA) is 127 Å². The summed E-state index contributed by atoms with van der Waals surface area (Å²) in [5.41, 5.74) is 1.34. The smallest absolute Gasteiger partial charge is 0.338 e. The van der Waals surface area contributed by atoms with Gasteiger partial charge < -0.3 is 10.4 Å². The second-order valence-corrected chi connectivity index (χ2v) is 7.63. The van der Waals surface area contributed by atoms with Crippen LogP contribution < -0.4 is 5.32 Å². The summed E-state index contributed by atoms with van der Waals surface area (Å²) in [6.07, 6.45) is 2.57. The zero-order valence-corrected chi connectivity index (χ0v) is 16.8. The number of nitrogens with one attached hydrogen (secondary N) is 1.